The molecular weight excluding hydrogens is 224 g/mol. The van der Waals surface area contributed by atoms with Crippen molar-refractivity contribution in [3.8, 4) is 5.75 Å². The zero-order chi connectivity index (χ0) is 12.3. The molecule has 2 nitrogen and oxygen atoms in total. The van der Waals surface area contributed by atoms with Crippen LogP contribution in [0, 0.1) is 11.6 Å². The molecular formula is C13H11F2NO. The Morgan fingerprint density at radius 1 is 1.00 bits per heavy atom. The van der Waals surface area contributed by atoms with E-state index >= 15 is 0 Å². The monoisotopic (exact) mass is 235 g/mol. The number of aromatic hydroxyl groups is 1. The van der Waals surface area contributed by atoms with Gasteiger partial charge in [0.1, 0.15) is 5.75 Å². The molecule has 0 saturated carbocycles. The molecule has 0 heterocycles. The number of phenols is 1. The zero-order valence-electron chi connectivity index (χ0n) is 8.95. The van der Waals surface area contributed by atoms with Gasteiger partial charge < -0.3 is 10.4 Å². The summed E-state index contributed by atoms with van der Waals surface area (Å²) in [5.41, 5.74) is 1.35. The maximum absolute atomic E-state index is 12.9. The number of anilines is 1. The highest BCUT2D eigenvalue weighted by Gasteiger charge is 2.02. The number of benzene rings is 2. The topological polar surface area (TPSA) is 32.3 Å². The van der Waals surface area contributed by atoms with Crippen LogP contribution in [0.1, 0.15) is 5.56 Å². The van der Waals surface area contributed by atoms with Crippen LogP contribution in [0.5, 0.6) is 5.75 Å². The lowest BCUT2D eigenvalue weighted by Crippen LogP contribution is -2.00. The molecule has 17 heavy (non-hydrogen) atoms. The molecule has 0 unspecified atom stereocenters. The fourth-order valence-corrected chi connectivity index (χ4v) is 1.48. The van der Waals surface area contributed by atoms with Gasteiger partial charge in [0.05, 0.1) is 0 Å². The van der Waals surface area contributed by atoms with Gasteiger partial charge in [0, 0.05) is 18.3 Å². The van der Waals surface area contributed by atoms with Crippen LogP contribution in [0.15, 0.2) is 42.5 Å². The van der Waals surface area contributed by atoms with Gasteiger partial charge in [-0.25, -0.2) is 8.78 Å². The summed E-state index contributed by atoms with van der Waals surface area (Å²) < 4.78 is 25.6. The summed E-state index contributed by atoms with van der Waals surface area (Å²) >= 11 is 0. The van der Waals surface area contributed by atoms with Gasteiger partial charge in [0.15, 0.2) is 11.6 Å². The van der Waals surface area contributed by atoms with E-state index in [2.05, 4.69) is 5.32 Å². The third-order valence-corrected chi connectivity index (χ3v) is 2.33. The molecule has 0 aliphatic carbocycles. The molecule has 0 atom stereocenters. The van der Waals surface area contributed by atoms with Gasteiger partial charge in [-0.05, 0) is 29.8 Å². The van der Waals surface area contributed by atoms with Crippen molar-refractivity contribution < 1.29 is 13.9 Å². The summed E-state index contributed by atoms with van der Waals surface area (Å²) in [5.74, 6) is -1.58. The number of hydrogen-bond acceptors (Lipinski definition) is 2. The van der Waals surface area contributed by atoms with E-state index in [4.69, 9.17) is 0 Å². The Hall–Kier alpha value is -2.10. The second kappa shape index (κ2) is 4.82. The quantitative estimate of drug-likeness (QED) is 0.855. The van der Waals surface area contributed by atoms with Gasteiger partial charge >= 0.3 is 0 Å². The van der Waals surface area contributed by atoms with Crippen molar-refractivity contribution in [2.24, 2.45) is 0 Å². The molecule has 2 aromatic carbocycles. The first-order valence-corrected chi connectivity index (χ1v) is 5.12. The molecule has 2 aromatic rings. The fourth-order valence-electron chi connectivity index (χ4n) is 1.48. The van der Waals surface area contributed by atoms with Gasteiger partial charge in [-0.1, -0.05) is 12.1 Å². The van der Waals surface area contributed by atoms with E-state index in [0.29, 0.717) is 12.2 Å². The molecule has 0 aliphatic rings. The number of nitrogens with one attached hydrogen (secondary N) is 1. The van der Waals surface area contributed by atoms with Crippen molar-refractivity contribution in [1.29, 1.82) is 0 Å². The highest BCUT2D eigenvalue weighted by atomic mass is 19.2. The van der Waals surface area contributed by atoms with Crippen LogP contribution in [-0.4, -0.2) is 5.11 Å². The molecule has 0 bridgehead atoms. The first-order valence-electron chi connectivity index (χ1n) is 5.12. The Labute approximate surface area is 97.5 Å². The predicted molar refractivity (Wildman–Crippen MR) is 61.8 cm³/mol. The molecule has 0 fully saturated rings. The highest BCUT2D eigenvalue weighted by Crippen LogP contribution is 2.16. The summed E-state index contributed by atoms with van der Waals surface area (Å²) in [7, 11) is 0. The smallest absolute Gasteiger partial charge is 0.160 e. The maximum atomic E-state index is 12.9. The average molecular weight is 235 g/mol. The van der Waals surface area contributed by atoms with E-state index in [0.717, 1.165) is 17.7 Å². The van der Waals surface area contributed by atoms with Gasteiger partial charge in [-0.15, -0.1) is 0 Å². The summed E-state index contributed by atoms with van der Waals surface area (Å²) in [6.07, 6.45) is 0. The van der Waals surface area contributed by atoms with E-state index in [-0.39, 0.29) is 5.75 Å². The lowest BCUT2D eigenvalue weighted by atomic mass is 10.2. The van der Waals surface area contributed by atoms with Crippen LogP contribution in [0.2, 0.25) is 0 Å². The third kappa shape index (κ3) is 2.93. The van der Waals surface area contributed by atoms with Gasteiger partial charge in [0.25, 0.3) is 0 Å². The molecule has 2 N–H and O–H groups in total. The van der Waals surface area contributed by atoms with E-state index in [1.807, 2.05) is 6.07 Å². The average Bonchev–Trinajstić information content (AvgIpc) is 2.31. The Bertz CT molecular complexity index is 529. The second-order valence-electron chi connectivity index (χ2n) is 3.65. The largest absolute Gasteiger partial charge is 0.508 e. The number of hydrogen-bond donors (Lipinski definition) is 2. The van der Waals surface area contributed by atoms with Crippen LogP contribution < -0.4 is 5.32 Å². The molecule has 0 aromatic heterocycles. The fraction of sp³-hybridized carbons (Fsp3) is 0.0769. The van der Waals surface area contributed by atoms with Crippen molar-refractivity contribution in [3.63, 3.8) is 0 Å². The van der Waals surface area contributed by atoms with Crippen molar-refractivity contribution in [3.05, 3.63) is 59.7 Å². The van der Waals surface area contributed by atoms with E-state index < -0.39 is 11.6 Å². The normalized spacial score (nSPS) is 10.2. The van der Waals surface area contributed by atoms with Gasteiger partial charge in [-0.2, -0.15) is 0 Å². The predicted octanol–water partition coefficient (Wildman–Crippen LogP) is 3.28. The molecule has 88 valence electrons. The SMILES string of the molecule is Oc1cccc(CNc2ccc(F)c(F)c2)c1. The number of halogens is 2. The lowest BCUT2D eigenvalue weighted by molar-refractivity contribution is 0.474. The maximum Gasteiger partial charge on any atom is 0.160 e. The van der Waals surface area contributed by atoms with Crippen LogP contribution in [0.4, 0.5) is 14.5 Å². The van der Waals surface area contributed by atoms with Gasteiger partial charge in [0.2, 0.25) is 0 Å². The van der Waals surface area contributed by atoms with Crippen LogP contribution >= 0.6 is 0 Å². The standard InChI is InChI=1S/C13H11F2NO/c14-12-5-4-10(7-13(12)15)16-8-9-2-1-3-11(17)6-9/h1-7,16-17H,8H2. The Morgan fingerprint density at radius 2 is 1.82 bits per heavy atom. The molecule has 0 amide bonds. The lowest BCUT2D eigenvalue weighted by Gasteiger charge is -2.07. The first kappa shape index (κ1) is 11.4. The molecule has 2 rings (SSSR count). The Kier molecular flexibility index (Phi) is 3.23. The number of rotatable bonds is 3. The van der Waals surface area contributed by atoms with E-state index in [1.54, 1.807) is 18.2 Å². The molecule has 0 saturated heterocycles. The Morgan fingerprint density at radius 3 is 2.53 bits per heavy atom. The zero-order valence-corrected chi connectivity index (χ0v) is 8.95. The minimum Gasteiger partial charge on any atom is -0.508 e. The van der Waals surface area contributed by atoms with Crippen LogP contribution in [0.3, 0.4) is 0 Å². The van der Waals surface area contributed by atoms with Gasteiger partial charge in [-0.3, -0.25) is 0 Å². The van der Waals surface area contributed by atoms with Crippen LogP contribution in [-0.2, 0) is 6.54 Å². The summed E-state index contributed by atoms with van der Waals surface area (Å²) in [5, 5.41) is 12.2. The molecule has 0 spiro atoms. The van der Waals surface area contributed by atoms with Crippen molar-refractivity contribution >= 4 is 5.69 Å². The summed E-state index contributed by atoms with van der Waals surface area (Å²) in [6, 6.07) is 10.3. The minimum absolute atomic E-state index is 0.176. The summed E-state index contributed by atoms with van der Waals surface area (Å²) in [4.78, 5) is 0. The van der Waals surface area contributed by atoms with Crippen molar-refractivity contribution in [1.82, 2.24) is 0 Å². The first-order chi connectivity index (χ1) is 8.15. The van der Waals surface area contributed by atoms with Crippen LogP contribution in [0.25, 0.3) is 0 Å². The van der Waals surface area contributed by atoms with Crippen molar-refractivity contribution in [2.75, 3.05) is 5.32 Å². The third-order valence-electron chi connectivity index (χ3n) is 2.33. The number of phenolic OH excluding ortho intramolecular Hbond substituents is 1. The van der Waals surface area contributed by atoms with E-state index in [1.165, 1.54) is 6.07 Å². The Balaban J connectivity index is 2.05. The van der Waals surface area contributed by atoms with Crippen molar-refractivity contribution in [2.45, 2.75) is 6.54 Å². The molecule has 4 heteroatoms. The second-order valence-corrected chi connectivity index (χ2v) is 3.65. The minimum atomic E-state index is -0.883. The van der Waals surface area contributed by atoms with E-state index in [9.17, 15) is 13.9 Å². The summed E-state index contributed by atoms with van der Waals surface area (Å²) in [6.45, 7) is 0.430. The molecule has 0 radical (unpaired) electrons. The molecule has 0 aliphatic heterocycles. The highest BCUT2D eigenvalue weighted by molar-refractivity contribution is 5.44.